The van der Waals surface area contributed by atoms with Gasteiger partial charge in [0, 0.05) is 23.7 Å². The quantitative estimate of drug-likeness (QED) is 0.673. The smallest absolute Gasteiger partial charge is 0.325 e. The zero-order valence-corrected chi connectivity index (χ0v) is 15.7. The van der Waals surface area contributed by atoms with Crippen LogP contribution >= 0.6 is 0 Å². The maximum atomic E-state index is 13.3. The first-order valence-corrected chi connectivity index (χ1v) is 9.34. The van der Waals surface area contributed by atoms with Crippen molar-refractivity contribution in [2.24, 2.45) is 0 Å². The number of benzene rings is 1. The first-order chi connectivity index (χ1) is 14.0. The van der Waals surface area contributed by atoms with Gasteiger partial charge in [0.2, 0.25) is 0 Å². The fraction of sp³-hybridized carbons (Fsp3) is 0.238. The number of amides is 3. The van der Waals surface area contributed by atoms with Crippen LogP contribution in [0, 0.1) is 6.92 Å². The molecule has 1 aromatic carbocycles. The third kappa shape index (κ3) is 2.52. The molecule has 1 unspecified atom stereocenters. The predicted molar refractivity (Wildman–Crippen MR) is 104 cm³/mol. The third-order valence-electron chi connectivity index (χ3n) is 5.51. The van der Waals surface area contributed by atoms with Crippen molar-refractivity contribution in [2.75, 3.05) is 6.61 Å². The zero-order valence-electron chi connectivity index (χ0n) is 15.7. The molecule has 2 aliphatic heterocycles. The van der Waals surface area contributed by atoms with Crippen LogP contribution in [0.4, 0.5) is 4.79 Å². The number of carbonyl (C=O) groups excluding carboxylic acids is 2. The number of carbonyl (C=O) groups is 2. The number of hydrogen-bond donors (Lipinski definition) is 1. The topological polar surface area (TPSA) is 93.0 Å². The fourth-order valence-electron chi connectivity index (χ4n) is 4.12. The molecule has 1 N–H and O–H groups in total. The number of hydrogen-bond acceptors (Lipinski definition) is 5. The lowest BCUT2D eigenvalue weighted by molar-refractivity contribution is -0.133. The average molecular weight is 390 g/mol. The highest BCUT2D eigenvalue weighted by atomic mass is 16.5. The van der Waals surface area contributed by atoms with Crippen molar-refractivity contribution in [1.82, 2.24) is 19.6 Å². The van der Waals surface area contributed by atoms with Gasteiger partial charge in [0.25, 0.3) is 11.5 Å². The number of nitrogens with one attached hydrogen (secondary N) is 1. The fourth-order valence-corrected chi connectivity index (χ4v) is 4.12. The first-order valence-electron chi connectivity index (χ1n) is 9.34. The summed E-state index contributed by atoms with van der Waals surface area (Å²) in [6.07, 6.45) is 0.345. The largest absolute Gasteiger partial charge is 0.493 e. The number of rotatable bonds is 2. The van der Waals surface area contributed by atoms with Gasteiger partial charge in [0.15, 0.2) is 5.54 Å². The van der Waals surface area contributed by atoms with Crippen molar-refractivity contribution in [3.63, 3.8) is 0 Å². The Hall–Kier alpha value is -3.68. The van der Waals surface area contributed by atoms with Crippen LogP contribution in [-0.4, -0.2) is 32.8 Å². The molecule has 0 saturated carbocycles. The van der Waals surface area contributed by atoms with Crippen LogP contribution in [0.3, 0.4) is 0 Å². The molecule has 2 aliphatic rings. The summed E-state index contributed by atoms with van der Waals surface area (Å²) in [5.74, 6) is 0.233. The molecule has 3 amide bonds. The summed E-state index contributed by atoms with van der Waals surface area (Å²) in [4.78, 5) is 44.2. The van der Waals surface area contributed by atoms with E-state index in [1.54, 1.807) is 18.2 Å². The van der Waals surface area contributed by atoms with Gasteiger partial charge in [-0.25, -0.2) is 9.78 Å². The summed E-state index contributed by atoms with van der Waals surface area (Å²) in [6, 6.07) is 13.4. The van der Waals surface area contributed by atoms with Gasteiger partial charge in [-0.3, -0.25) is 18.9 Å². The Kier molecular flexibility index (Phi) is 3.70. The summed E-state index contributed by atoms with van der Waals surface area (Å²) < 4.78 is 7.14. The third-order valence-corrected chi connectivity index (χ3v) is 5.51. The lowest BCUT2D eigenvalue weighted by Crippen LogP contribution is -2.47. The molecule has 1 fully saturated rings. The molecule has 2 aromatic heterocycles. The van der Waals surface area contributed by atoms with Gasteiger partial charge in [-0.15, -0.1) is 0 Å². The minimum absolute atomic E-state index is 0.0743. The number of aromatic nitrogens is 2. The van der Waals surface area contributed by atoms with Gasteiger partial charge in [-0.05, 0) is 25.1 Å². The van der Waals surface area contributed by atoms with Gasteiger partial charge < -0.3 is 10.1 Å². The van der Waals surface area contributed by atoms with E-state index in [4.69, 9.17) is 4.74 Å². The number of pyridine rings is 1. The molecule has 0 bridgehead atoms. The Morgan fingerprint density at radius 3 is 2.83 bits per heavy atom. The summed E-state index contributed by atoms with van der Waals surface area (Å²) in [5, 5.41) is 2.85. The molecule has 8 heteroatoms. The van der Waals surface area contributed by atoms with Crippen molar-refractivity contribution in [3.8, 4) is 5.75 Å². The molecule has 1 spiro atoms. The molecular weight excluding hydrogens is 372 g/mol. The Balaban J connectivity index is 1.53. The van der Waals surface area contributed by atoms with Crippen LogP contribution in [0.25, 0.3) is 5.65 Å². The molecule has 1 saturated heterocycles. The molecule has 1 atom stereocenters. The van der Waals surface area contributed by atoms with Crippen molar-refractivity contribution < 1.29 is 14.3 Å². The van der Waals surface area contributed by atoms with Crippen molar-refractivity contribution in [2.45, 2.75) is 25.4 Å². The summed E-state index contributed by atoms with van der Waals surface area (Å²) >= 11 is 0. The first kappa shape index (κ1) is 17.4. The number of urea groups is 1. The van der Waals surface area contributed by atoms with Gasteiger partial charge in [-0.2, -0.15) is 0 Å². The Bertz CT molecular complexity index is 1230. The number of ether oxygens (including phenoxy) is 1. The maximum Gasteiger partial charge on any atom is 0.325 e. The SMILES string of the molecule is Cc1cccc2nc(CN3C(=O)NC4(CCOc5ccccc54)C3=O)cc(=O)n12. The normalized spacial score (nSPS) is 20.7. The van der Waals surface area contributed by atoms with Gasteiger partial charge in [-0.1, -0.05) is 24.3 Å². The zero-order chi connectivity index (χ0) is 20.2. The standard InChI is InChI=1S/C21H18N4O4/c1-13-5-4-8-17-22-14(11-18(26)25(13)17)12-24-19(27)21(23-20(24)28)9-10-29-16-7-3-2-6-15(16)21/h2-8,11H,9-10,12H2,1H3,(H,23,28). The molecule has 4 heterocycles. The molecule has 8 nitrogen and oxygen atoms in total. The summed E-state index contributed by atoms with van der Waals surface area (Å²) in [6.45, 7) is 2.07. The molecule has 29 heavy (non-hydrogen) atoms. The monoisotopic (exact) mass is 390 g/mol. The van der Waals surface area contributed by atoms with E-state index >= 15 is 0 Å². The molecule has 0 radical (unpaired) electrons. The maximum absolute atomic E-state index is 13.3. The number of imide groups is 1. The van der Waals surface area contributed by atoms with Crippen LogP contribution < -0.4 is 15.6 Å². The van der Waals surface area contributed by atoms with E-state index in [2.05, 4.69) is 10.3 Å². The van der Waals surface area contributed by atoms with E-state index in [-0.39, 0.29) is 18.0 Å². The van der Waals surface area contributed by atoms with Gasteiger partial charge >= 0.3 is 6.03 Å². The van der Waals surface area contributed by atoms with E-state index in [0.717, 1.165) is 10.6 Å². The van der Waals surface area contributed by atoms with Crippen molar-refractivity contribution in [1.29, 1.82) is 0 Å². The average Bonchev–Trinajstić information content (AvgIpc) is 2.93. The Labute approximate surface area is 165 Å². The summed E-state index contributed by atoms with van der Waals surface area (Å²) in [7, 11) is 0. The van der Waals surface area contributed by atoms with Crippen LogP contribution in [0.5, 0.6) is 5.75 Å². The molecular formula is C21H18N4O4. The number of aryl methyl sites for hydroxylation is 1. The number of nitrogens with zero attached hydrogens (tertiary/aromatic N) is 3. The van der Waals surface area contributed by atoms with Crippen LogP contribution in [0.1, 0.15) is 23.4 Å². The minimum Gasteiger partial charge on any atom is -0.493 e. The highest BCUT2D eigenvalue weighted by Gasteiger charge is 2.54. The highest BCUT2D eigenvalue weighted by molar-refractivity contribution is 6.07. The molecule has 5 rings (SSSR count). The van der Waals surface area contributed by atoms with E-state index in [0.29, 0.717) is 35.7 Å². The van der Waals surface area contributed by atoms with Crippen LogP contribution in [-0.2, 0) is 16.9 Å². The number of fused-ring (bicyclic) bond motifs is 3. The number of para-hydroxylation sites is 1. The van der Waals surface area contributed by atoms with Crippen LogP contribution in [0.2, 0.25) is 0 Å². The second kappa shape index (κ2) is 6.16. The minimum atomic E-state index is -1.14. The summed E-state index contributed by atoms with van der Waals surface area (Å²) in [5.41, 5.74) is 0.857. The second-order valence-corrected chi connectivity index (χ2v) is 7.27. The Morgan fingerprint density at radius 2 is 1.97 bits per heavy atom. The van der Waals surface area contributed by atoms with Gasteiger partial charge in [0.1, 0.15) is 11.4 Å². The predicted octanol–water partition coefficient (Wildman–Crippen LogP) is 1.73. The van der Waals surface area contributed by atoms with E-state index in [1.807, 2.05) is 31.2 Å². The van der Waals surface area contributed by atoms with E-state index in [9.17, 15) is 14.4 Å². The lowest BCUT2D eigenvalue weighted by atomic mass is 9.84. The Morgan fingerprint density at radius 1 is 1.14 bits per heavy atom. The lowest BCUT2D eigenvalue weighted by Gasteiger charge is -2.33. The second-order valence-electron chi connectivity index (χ2n) is 7.27. The molecule has 3 aromatic rings. The molecule has 0 aliphatic carbocycles. The van der Waals surface area contributed by atoms with Crippen molar-refractivity contribution in [3.05, 3.63) is 75.8 Å². The van der Waals surface area contributed by atoms with Crippen LogP contribution in [0.15, 0.2) is 53.3 Å². The van der Waals surface area contributed by atoms with Gasteiger partial charge in [0.05, 0.1) is 18.8 Å². The highest BCUT2D eigenvalue weighted by Crippen LogP contribution is 2.41. The molecule has 146 valence electrons. The van der Waals surface area contributed by atoms with Crippen molar-refractivity contribution >= 4 is 17.6 Å². The van der Waals surface area contributed by atoms with E-state index in [1.165, 1.54) is 10.5 Å². The van der Waals surface area contributed by atoms with E-state index < -0.39 is 11.6 Å².